The van der Waals surface area contributed by atoms with E-state index in [1.165, 1.54) is 19.3 Å². The van der Waals surface area contributed by atoms with Gasteiger partial charge in [-0.05, 0) is 18.4 Å². The molecule has 1 aromatic rings. The summed E-state index contributed by atoms with van der Waals surface area (Å²) >= 11 is 0. The highest BCUT2D eigenvalue weighted by molar-refractivity contribution is 5.45. The first-order valence-corrected chi connectivity index (χ1v) is 5.15. The van der Waals surface area contributed by atoms with Gasteiger partial charge in [-0.15, -0.1) is 0 Å². The van der Waals surface area contributed by atoms with Crippen molar-refractivity contribution in [2.45, 2.75) is 31.8 Å². The molecule has 3 heteroatoms. The van der Waals surface area contributed by atoms with Gasteiger partial charge in [0.25, 0.3) is 0 Å². The van der Waals surface area contributed by atoms with Gasteiger partial charge in [-0.1, -0.05) is 19.3 Å². The van der Waals surface area contributed by atoms with Crippen LogP contribution in [0, 0.1) is 5.92 Å². The van der Waals surface area contributed by atoms with E-state index in [0.717, 1.165) is 12.0 Å². The van der Waals surface area contributed by atoms with Crippen molar-refractivity contribution in [2.75, 3.05) is 5.73 Å². The molecule has 0 bridgehead atoms. The van der Waals surface area contributed by atoms with Crippen LogP contribution in [0.25, 0.3) is 0 Å². The Morgan fingerprint density at radius 1 is 1.57 bits per heavy atom. The van der Waals surface area contributed by atoms with E-state index in [2.05, 4.69) is 4.98 Å². The molecule has 0 aliphatic heterocycles. The molecule has 1 aromatic heterocycles. The standard InChI is InChI=1S/C11H16N2O/c12-10-4-5-13-7-9(10)11(14)6-8-2-1-3-8/h4-5,7-8,11,14H,1-3,6H2,(H2,12,13). The maximum atomic E-state index is 9.92. The van der Waals surface area contributed by atoms with Crippen molar-refractivity contribution in [2.24, 2.45) is 5.92 Å². The molecule has 3 nitrogen and oxygen atoms in total. The van der Waals surface area contributed by atoms with E-state index in [9.17, 15) is 5.11 Å². The quantitative estimate of drug-likeness (QED) is 0.768. The molecular weight excluding hydrogens is 176 g/mol. The average molecular weight is 192 g/mol. The Morgan fingerprint density at radius 2 is 2.36 bits per heavy atom. The Labute approximate surface area is 84.0 Å². The van der Waals surface area contributed by atoms with E-state index >= 15 is 0 Å². The van der Waals surface area contributed by atoms with Gasteiger partial charge >= 0.3 is 0 Å². The molecule has 0 radical (unpaired) electrons. The maximum absolute atomic E-state index is 9.92. The van der Waals surface area contributed by atoms with Crippen LogP contribution in [0.3, 0.4) is 0 Å². The second-order valence-electron chi connectivity index (χ2n) is 4.05. The number of nitrogen functional groups attached to an aromatic ring is 1. The van der Waals surface area contributed by atoms with E-state index in [1.807, 2.05) is 0 Å². The number of nitrogens with zero attached hydrogens (tertiary/aromatic N) is 1. The number of aliphatic hydroxyl groups excluding tert-OH is 1. The van der Waals surface area contributed by atoms with E-state index in [1.54, 1.807) is 18.5 Å². The molecule has 1 atom stereocenters. The lowest BCUT2D eigenvalue weighted by molar-refractivity contribution is 0.119. The minimum absolute atomic E-state index is 0.436. The summed E-state index contributed by atoms with van der Waals surface area (Å²) in [6.45, 7) is 0. The topological polar surface area (TPSA) is 59.1 Å². The Morgan fingerprint density at radius 3 is 2.93 bits per heavy atom. The molecule has 0 saturated heterocycles. The van der Waals surface area contributed by atoms with Crippen LogP contribution in [-0.4, -0.2) is 10.1 Å². The average Bonchev–Trinajstić information content (AvgIpc) is 2.12. The molecule has 0 amide bonds. The molecule has 1 fully saturated rings. The Hall–Kier alpha value is -1.09. The fraction of sp³-hybridized carbons (Fsp3) is 0.545. The third-order valence-electron chi connectivity index (χ3n) is 3.03. The number of pyridine rings is 1. The first kappa shape index (κ1) is 9.46. The lowest BCUT2D eigenvalue weighted by Crippen LogP contribution is -2.15. The number of hydrogen-bond acceptors (Lipinski definition) is 3. The van der Waals surface area contributed by atoms with Crippen molar-refractivity contribution in [1.29, 1.82) is 0 Å². The van der Waals surface area contributed by atoms with Gasteiger partial charge in [0.15, 0.2) is 0 Å². The first-order valence-electron chi connectivity index (χ1n) is 5.15. The van der Waals surface area contributed by atoms with Crippen LogP contribution < -0.4 is 5.73 Å². The van der Waals surface area contributed by atoms with Crippen molar-refractivity contribution in [3.05, 3.63) is 24.0 Å². The normalized spacial score (nSPS) is 18.9. The second kappa shape index (κ2) is 3.96. The predicted molar refractivity (Wildman–Crippen MR) is 55.6 cm³/mol. The number of aromatic nitrogens is 1. The zero-order valence-electron chi connectivity index (χ0n) is 8.19. The molecule has 0 aromatic carbocycles. The lowest BCUT2D eigenvalue weighted by Gasteiger charge is -2.27. The van der Waals surface area contributed by atoms with Gasteiger partial charge in [-0.2, -0.15) is 0 Å². The molecule has 1 saturated carbocycles. The summed E-state index contributed by atoms with van der Waals surface area (Å²) in [6.07, 6.45) is 7.51. The summed E-state index contributed by atoms with van der Waals surface area (Å²) < 4.78 is 0. The minimum Gasteiger partial charge on any atom is -0.398 e. The van der Waals surface area contributed by atoms with Crippen LogP contribution in [0.2, 0.25) is 0 Å². The van der Waals surface area contributed by atoms with Gasteiger partial charge in [0, 0.05) is 23.6 Å². The Balaban J connectivity index is 2.02. The molecule has 1 unspecified atom stereocenters. The summed E-state index contributed by atoms with van der Waals surface area (Å²) in [6, 6.07) is 1.74. The van der Waals surface area contributed by atoms with Crippen LogP contribution in [-0.2, 0) is 0 Å². The van der Waals surface area contributed by atoms with Crippen LogP contribution in [0.5, 0.6) is 0 Å². The van der Waals surface area contributed by atoms with Gasteiger partial charge in [0.2, 0.25) is 0 Å². The number of anilines is 1. The molecule has 1 aliphatic rings. The van der Waals surface area contributed by atoms with E-state index in [-0.39, 0.29) is 0 Å². The zero-order valence-corrected chi connectivity index (χ0v) is 8.19. The van der Waals surface area contributed by atoms with Crippen LogP contribution in [0.4, 0.5) is 5.69 Å². The predicted octanol–water partition coefficient (Wildman–Crippen LogP) is 1.89. The third kappa shape index (κ3) is 1.87. The molecule has 0 spiro atoms. The van der Waals surface area contributed by atoms with Crippen LogP contribution >= 0.6 is 0 Å². The number of rotatable bonds is 3. The summed E-state index contributed by atoms with van der Waals surface area (Å²) in [7, 11) is 0. The van der Waals surface area contributed by atoms with E-state index in [4.69, 9.17) is 5.73 Å². The van der Waals surface area contributed by atoms with E-state index in [0.29, 0.717) is 11.6 Å². The van der Waals surface area contributed by atoms with Crippen molar-refractivity contribution in [3.63, 3.8) is 0 Å². The third-order valence-corrected chi connectivity index (χ3v) is 3.03. The molecule has 2 rings (SSSR count). The largest absolute Gasteiger partial charge is 0.398 e. The summed E-state index contributed by atoms with van der Waals surface area (Å²) in [5.41, 5.74) is 7.18. The summed E-state index contributed by atoms with van der Waals surface area (Å²) in [5.74, 6) is 0.685. The Bertz CT molecular complexity index is 310. The molecule has 76 valence electrons. The van der Waals surface area contributed by atoms with Gasteiger partial charge in [0.05, 0.1) is 6.10 Å². The maximum Gasteiger partial charge on any atom is 0.0827 e. The zero-order chi connectivity index (χ0) is 9.97. The molecule has 1 heterocycles. The highest BCUT2D eigenvalue weighted by Crippen LogP contribution is 2.35. The van der Waals surface area contributed by atoms with Crippen LogP contribution in [0.15, 0.2) is 18.5 Å². The molecular formula is C11H16N2O. The SMILES string of the molecule is Nc1ccncc1C(O)CC1CCC1. The van der Waals surface area contributed by atoms with Crippen molar-refractivity contribution in [1.82, 2.24) is 4.98 Å². The summed E-state index contributed by atoms with van der Waals surface area (Å²) in [5, 5.41) is 9.92. The van der Waals surface area contributed by atoms with E-state index < -0.39 is 6.10 Å². The number of hydrogen-bond donors (Lipinski definition) is 2. The highest BCUT2D eigenvalue weighted by atomic mass is 16.3. The smallest absolute Gasteiger partial charge is 0.0827 e. The lowest BCUT2D eigenvalue weighted by atomic mass is 9.80. The summed E-state index contributed by atoms with van der Waals surface area (Å²) in [4.78, 5) is 3.98. The number of nitrogens with two attached hydrogens (primary N) is 1. The van der Waals surface area contributed by atoms with Crippen molar-refractivity contribution < 1.29 is 5.11 Å². The fourth-order valence-electron chi connectivity index (χ4n) is 1.87. The number of aliphatic hydroxyl groups is 1. The molecule has 14 heavy (non-hydrogen) atoms. The van der Waals surface area contributed by atoms with Crippen molar-refractivity contribution >= 4 is 5.69 Å². The Kier molecular flexibility index (Phi) is 2.68. The monoisotopic (exact) mass is 192 g/mol. The van der Waals surface area contributed by atoms with Gasteiger partial charge < -0.3 is 10.8 Å². The van der Waals surface area contributed by atoms with Gasteiger partial charge in [-0.25, -0.2) is 0 Å². The van der Waals surface area contributed by atoms with Crippen molar-refractivity contribution in [3.8, 4) is 0 Å². The highest BCUT2D eigenvalue weighted by Gasteiger charge is 2.22. The molecule has 1 aliphatic carbocycles. The minimum atomic E-state index is -0.436. The van der Waals surface area contributed by atoms with Gasteiger partial charge in [0.1, 0.15) is 0 Å². The van der Waals surface area contributed by atoms with Gasteiger partial charge in [-0.3, -0.25) is 4.98 Å². The first-order chi connectivity index (χ1) is 6.77. The molecule has 3 N–H and O–H groups in total. The van der Waals surface area contributed by atoms with Crippen LogP contribution in [0.1, 0.15) is 37.4 Å². The second-order valence-corrected chi connectivity index (χ2v) is 4.05. The fourth-order valence-corrected chi connectivity index (χ4v) is 1.87.